The average Bonchev–Trinajstić information content (AvgIpc) is 3.29. The number of aliphatic carboxylic acids is 1. The summed E-state index contributed by atoms with van der Waals surface area (Å²) in [6, 6.07) is 25.2. The Morgan fingerprint density at radius 2 is 0.944 bits per heavy atom. The topological polar surface area (TPSA) is 253 Å². The summed E-state index contributed by atoms with van der Waals surface area (Å²) in [6.45, 7) is 0. The highest BCUT2D eigenvalue weighted by molar-refractivity contribution is 6.32. The number of rotatable bonds is 13. The number of carbonyl (C=O) groups excluding carboxylic acids is 5. The minimum atomic E-state index is -4.69. The van der Waals surface area contributed by atoms with Gasteiger partial charge < -0.3 is 46.9 Å². The molecule has 372 valence electrons. The first-order valence-electron chi connectivity index (χ1n) is 20.0. The number of hydrogen-bond acceptors (Lipinski definition) is 11. The van der Waals surface area contributed by atoms with Crippen LogP contribution in [0.3, 0.4) is 0 Å². The highest BCUT2D eigenvalue weighted by Crippen LogP contribution is 2.37. The predicted octanol–water partition coefficient (Wildman–Crippen LogP) is 9.46. The van der Waals surface area contributed by atoms with Gasteiger partial charge in [0.2, 0.25) is 17.7 Å². The predicted molar refractivity (Wildman–Crippen MR) is 248 cm³/mol. The smallest absolute Gasteiger partial charge is 0.417 e. The van der Waals surface area contributed by atoms with Crippen LogP contribution in [0.25, 0.3) is 0 Å². The van der Waals surface area contributed by atoms with Gasteiger partial charge in [-0.2, -0.15) is 26.3 Å². The summed E-state index contributed by atoms with van der Waals surface area (Å²) in [7, 11) is 3.02. The molecular weight excluding hydrogens is 993 g/mol. The second-order valence-electron chi connectivity index (χ2n) is 14.0. The van der Waals surface area contributed by atoms with Crippen molar-refractivity contribution < 1.29 is 69.7 Å². The Hall–Kier alpha value is -8.44. The number of nitrogens with one attached hydrogen (secondary N) is 5. The third kappa shape index (κ3) is 18.2. The van der Waals surface area contributed by atoms with E-state index in [2.05, 4.69) is 31.2 Å². The molecule has 0 aliphatic carbocycles. The lowest BCUT2D eigenvalue weighted by Gasteiger charge is -2.12. The molecule has 25 heteroatoms. The van der Waals surface area contributed by atoms with Gasteiger partial charge in [0.1, 0.15) is 47.2 Å². The molecule has 6 aromatic rings. The normalized spacial score (nSPS) is 10.7. The van der Waals surface area contributed by atoms with Gasteiger partial charge in [0, 0.05) is 73.5 Å². The molecule has 0 fully saturated rings. The summed E-state index contributed by atoms with van der Waals surface area (Å²) in [4.78, 5) is 76.7. The number of carboxylic acids is 1. The molecule has 2 aromatic heterocycles. The van der Waals surface area contributed by atoms with Crippen molar-refractivity contribution in [2.24, 2.45) is 0 Å². The van der Waals surface area contributed by atoms with Gasteiger partial charge in [0.15, 0.2) is 0 Å². The maximum Gasteiger partial charge on any atom is 0.417 e. The van der Waals surface area contributed by atoms with E-state index >= 15 is 0 Å². The molecule has 8 N–H and O–H groups in total. The number of carbonyl (C=O) groups is 6. The van der Waals surface area contributed by atoms with E-state index in [1.807, 2.05) is 5.32 Å². The number of anilines is 4. The third-order valence-corrected chi connectivity index (χ3v) is 9.23. The van der Waals surface area contributed by atoms with Crippen LogP contribution in [0, 0.1) is 0 Å². The van der Waals surface area contributed by atoms with E-state index in [4.69, 9.17) is 43.5 Å². The quantitative estimate of drug-likeness (QED) is 0.0324. The van der Waals surface area contributed by atoms with Gasteiger partial charge in [0.25, 0.3) is 11.8 Å². The molecule has 0 spiro atoms. The molecule has 71 heavy (non-hydrogen) atoms. The average molecular weight is 1030 g/mol. The van der Waals surface area contributed by atoms with Crippen LogP contribution < -0.4 is 41.8 Å². The number of hydrogen-bond donors (Lipinski definition) is 7. The summed E-state index contributed by atoms with van der Waals surface area (Å²) >= 11 is 10.9. The zero-order valence-corrected chi connectivity index (χ0v) is 38.2. The van der Waals surface area contributed by atoms with Crippen LogP contribution in [0.15, 0.2) is 122 Å². The van der Waals surface area contributed by atoms with Gasteiger partial charge in [-0.25, -0.2) is 0 Å². The number of halogens is 8. The van der Waals surface area contributed by atoms with Gasteiger partial charge in [-0.3, -0.25) is 38.7 Å². The van der Waals surface area contributed by atoms with Crippen LogP contribution in [0.1, 0.15) is 44.9 Å². The maximum atomic E-state index is 13.0. The zero-order valence-electron chi connectivity index (χ0n) is 36.7. The fourth-order valence-corrected chi connectivity index (χ4v) is 5.93. The minimum Gasteiger partial charge on any atom is -0.481 e. The van der Waals surface area contributed by atoms with E-state index < -0.39 is 70.1 Å². The van der Waals surface area contributed by atoms with E-state index in [0.29, 0.717) is 52.2 Å². The number of nitrogens with two attached hydrogens (primary N) is 1. The Morgan fingerprint density at radius 1 is 0.549 bits per heavy atom. The monoisotopic (exact) mass is 1030 g/mol. The Balaban J connectivity index is 0.000000255. The lowest BCUT2D eigenvalue weighted by Crippen LogP contribution is -2.21. The molecule has 0 saturated carbocycles. The number of ether oxygens (including phenoxy) is 2. The van der Waals surface area contributed by atoms with Gasteiger partial charge in [-0.05, 0) is 72.8 Å². The molecule has 0 aliphatic rings. The van der Waals surface area contributed by atoms with Crippen molar-refractivity contribution >= 4 is 81.5 Å². The first-order valence-corrected chi connectivity index (χ1v) is 20.7. The molecule has 0 aliphatic heterocycles. The fourth-order valence-electron chi connectivity index (χ4n) is 5.48. The molecule has 0 saturated heterocycles. The van der Waals surface area contributed by atoms with Crippen LogP contribution in [-0.4, -0.2) is 64.7 Å². The molecule has 0 atom stereocenters. The van der Waals surface area contributed by atoms with Crippen LogP contribution in [0.5, 0.6) is 23.0 Å². The first kappa shape index (κ1) is 55.2. The number of amides is 5. The molecule has 0 bridgehead atoms. The van der Waals surface area contributed by atoms with Crippen molar-refractivity contribution in [3.05, 3.63) is 154 Å². The summed E-state index contributed by atoms with van der Waals surface area (Å²) in [6.07, 6.45) is -7.89. The van der Waals surface area contributed by atoms with E-state index in [-0.39, 0.29) is 28.9 Å². The summed E-state index contributed by atoms with van der Waals surface area (Å²) in [5.41, 5.74) is 4.53. The van der Waals surface area contributed by atoms with Gasteiger partial charge in [0.05, 0.1) is 21.2 Å². The van der Waals surface area contributed by atoms with Crippen molar-refractivity contribution in [3.63, 3.8) is 0 Å². The number of alkyl halides is 6. The molecule has 17 nitrogen and oxygen atoms in total. The number of pyridine rings is 2. The third-order valence-electron chi connectivity index (χ3n) is 8.57. The number of nitrogens with zero attached hydrogens (tertiary/aromatic N) is 2. The second-order valence-corrected chi connectivity index (χ2v) is 14.8. The van der Waals surface area contributed by atoms with Crippen molar-refractivity contribution in [1.82, 2.24) is 20.6 Å². The lowest BCUT2D eigenvalue weighted by atomic mass is 10.2. The molecular formula is C46H38Cl2F6N8O9. The number of aromatic nitrogens is 2. The van der Waals surface area contributed by atoms with Crippen molar-refractivity contribution in [1.29, 1.82) is 0 Å². The fraction of sp³-hybridized carbons (Fsp3) is 0.130. The van der Waals surface area contributed by atoms with Crippen LogP contribution in [0.4, 0.5) is 49.1 Å². The van der Waals surface area contributed by atoms with Gasteiger partial charge in [-0.1, -0.05) is 35.3 Å². The molecule has 4 aromatic carbocycles. The summed E-state index contributed by atoms with van der Waals surface area (Å²) in [5.74, 6) is -2.63. The van der Waals surface area contributed by atoms with Crippen LogP contribution in [-0.2, 0) is 31.5 Å². The van der Waals surface area contributed by atoms with E-state index in [0.717, 1.165) is 18.2 Å². The highest BCUT2D eigenvalue weighted by Gasteiger charge is 2.34. The highest BCUT2D eigenvalue weighted by atomic mass is 35.5. The Labute approximate surface area is 408 Å². The van der Waals surface area contributed by atoms with Crippen LogP contribution >= 0.6 is 23.2 Å². The minimum absolute atomic E-state index is 0.150. The van der Waals surface area contributed by atoms with Crippen LogP contribution in [0.2, 0.25) is 10.0 Å². The Bertz CT molecular complexity index is 2910. The standard InChI is InChI=1S/C23H18ClF3N4O4.C13H13N3O2.C10H7ClF3NO3/c1-28-22(34)19-11-16(7-8-29-19)35-15-4-2-3-13(9-15)30-20(32)12-21(33)31-14-5-6-18(24)17(10-14)23(25,26)27;1-15-13(17)12-8-11(5-6-16-12)18-10-4-2-3-9(14)7-10;11-7-2-1-5(3-6(7)10(12,13)14)15-8(16)4-9(17)18/h2-11H,12H2,1H3,(H,28,34)(H,30,32)(H,31,33);2-8H,14H2,1H3,(H,15,17);1-3H,4H2,(H,15,16)(H,17,18). The number of carboxylic acid groups (broad SMARTS) is 1. The SMILES string of the molecule is CNC(=O)c1cc(Oc2cccc(N)c2)ccn1.CNC(=O)c1cc(Oc2cccc(NC(=O)CC(=O)Nc3ccc(Cl)c(C(F)(F)F)c3)c2)ccn1.O=C(O)CC(=O)Nc1ccc(Cl)c(C(F)(F)F)c1. The molecule has 5 amide bonds. The van der Waals surface area contributed by atoms with Crippen molar-refractivity contribution in [2.45, 2.75) is 25.2 Å². The molecule has 2 heterocycles. The lowest BCUT2D eigenvalue weighted by molar-refractivity contribution is -0.140. The number of nitrogen functional groups attached to an aromatic ring is 1. The first-order chi connectivity index (χ1) is 33.4. The van der Waals surface area contributed by atoms with Gasteiger partial charge >= 0.3 is 18.3 Å². The van der Waals surface area contributed by atoms with Crippen molar-refractivity contribution in [3.8, 4) is 23.0 Å². The Morgan fingerprint density at radius 3 is 1.35 bits per heavy atom. The number of benzene rings is 4. The largest absolute Gasteiger partial charge is 0.481 e. The molecule has 6 rings (SSSR count). The summed E-state index contributed by atoms with van der Waals surface area (Å²) in [5, 5.41) is 19.1. The molecule has 0 unspecified atom stereocenters. The molecule has 0 radical (unpaired) electrons. The van der Waals surface area contributed by atoms with E-state index in [1.165, 1.54) is 37.6 Å². The van der Waals surface area contributed by atoms with Crippen molar-refractivity contribution in [2.75, 3.05) is 35.8 Å². The van der Waals surface area contributed by atoms with E-state index in [1.54, 1.807) is 67.7 Å². The Kier molecular flexibility index (Phi) is 19.6. The van der Waals surface area contributed by atoms with E-state index in [9.17, 15) is 55.1 Å². The van der Waals surface area contributed by atoms with Gasteiger partial charge in [-0.15, -0.1) is 0 Å². The maximum absolute atomic E-state index is 13.0. The zero-order chi connectivity index (χ0) is 52.5. The second kappa shape index (κ2) is 25.2. The summed E-state index contributed by atoms with van der Waals surface area (Å²) < 4.78 is 87.6.